The van der Waals surface area contributed by atoms with Crippen LogP contribution in [0.15, 0.2) is 47.4 Å². The molecular formula is C19H23NO3S. The fourth-order valence-electron chi connectivity index (χ4n) is 2.31. The Bertz CT molecular complexity index is 671. The summed E-state index contributed by atoms with van der Waals surface area (Å²) >= 11 is 1.51. The van der Waals surface area contributed by atoms with Crippen molar-refractivity contribution < 1.29 is 14.3 Å². The number of aryl methyl sites for hydroxylation is 1. The number of hydrogen-bond donors (Lipinski definition) is 1. The summed E-state index contributed by atoms with van der Waals surface area (Å²) in [5, 5.41) is 2.95. The Morgan fingerprint density at radius 3 is 2.50 bits per heavy atom. The molecule has 0 saturated carbocycles. The lowest BCUT2D eigenvalue weighted by Gasteiger charge is -2.10. The van der Waals surface area contributed by atoms with Crippen LogP contribution in [0.1, 0.15) is 11.1 Å². The van der Waals surface area contributed by atoms with Crippen LogP contribution in [-0.2, 0) is 11.2 Å². The Kier molecular flexibility index (Phi) is 7.00. The predicted octanol–water partition coefficient (Wildman–Crippen LogP) is 3.46. The maximum absolute atomic E-state index is 12.0. The molecule has 0 fully saturated rings. The van der Waals surface area contributed by atoms with Gasteiger partial charge in [0, 0.05) is 11.4 Å². The summed E-state index contributed by atoms with van der Waals surface area (Å²) in [4.78, 5) is 13.0. The maximum Gasteiger partial charge on any atom is 0.230 e. The molecule has 2 aromatic carbocycles. The molecule has 0 saturated heterocycles. The molecule has 2 aromatic rings. The average Bonchev–Trinajstić information content (AvgIpc) is 2.60. The van der Waals surface area contributed by atoms with Crippen molar-refractivity contribution in [2.75, 3.05) is 26.5 Å². The van der Waals surface area contributed by atoms with Gasteiger partial charge in [0.2, 0.25) is 5.91 Å². The molecule has 0 unspecified atom stereocenters. The van der Waals surface area contributed by atoms with E-state index in [-0.39, 0.29) is 5.91 Å². The summed E-state index contributed by atoms with van der Waals surface area (Å²) in [6.07, 6.45) is 0.754. The minimum Gasteiger partial charge on any atom is -0.497 e. The van der Waals surface area contributed by atoms with E-state index in [1.807, 2.05) is 43.3 Å². The molecule has 0 aliphatic carbocycles. The van der Waals surface area contributed by atoms with E-state index in [9.17, 15) is 4.79 Å². The second-order valence-corrected chi connectivity index (χ2v) is 6.43. The lowest BCUT2D eigenvalue weighted by molar-refractivity contribution is -0.118. The van der Waals surface area contributed by atoms with E-state index in [2.05, 4.69) is 11.4 Å². The van der Waals surface area contributed by atoms with Gasteiger partial charge in [-0.15, -0.1) is 11.8 Å². The lowest BCUT2D eigenvalue weighted by atomic mass is 10.1. The van der Waals surface area contributed by atoms with Crippen molar-refractivity contribution in [3.8, 4) is 11.5 Å². The van der Waals surface area contributed by atoms with Gasteiger partial charge in [0.05, 0.1) is 20.0 Å². The van der Waals surface area contributed by atoms with Gasteiger partial charge in [-0.1, -0.05) is 17.7 Å². The first-order valence-corrected chi connectivity index (χ1v) is 8.78. The summed E-state index contributed by atoms with van der Waals surface area (Å²) < 4.78 is 10.5. The second-order valence-electron chi connectivity index (χ2n) is 5.38. The molecule has 0 aliphatic heterocycles. The first-order valence-electron chi connectivity index (χ1n) is 7.79. The summed E-state index contributed by atoms with van der Waals surface area (Å²) in [5.41, 5.74) is 2.30. The normalized spacial score (nSPS) is 10.3. The molecule has 0 spiro atoms. The van der Waals surface area contributed by atoms with Gasteiger partial charge in [-0.2, -0.15) is 0 Å². The van der Waals surface area contributed by atoms with Crippen LogP contribution in [-0.4, -0.2) is 32.4 Å². The molecule has 128 valence electrons. The van der Waals surface area contributed by atoms with E-state index >= 15 is 0 Å². The Labute approximate surface area is 147 Å². The number of methoxy groups -OCH3 is 2. The van der Waals surface area contributed by atoms with Crippen molar-refractivity contribution in [3.05, 3.63) is 53.6 Å². The monoisotopic (exact) mass is 345 g/mol. The van der Waals surface area contributed by atoms with Crippen LogP contribution in [0.4, 0.5) is 0 Å². The molecule has 0 aliphatic rings. The van der Waals surface area contributed by atoms with Gasteiger partial charge < -0.3 is 14.8 Å². The lowest BCUT2D eigenvalue weighted by Crippen LogP contribution is -2.27. The van der Waals surface area contributed by atoms with Crippen molar-refractivity contribution in [3.63, 3.8) is 0 Å². The van der Waals surface area contributed by atoms with Crippen LogP contribution in [0.5, 0.6) is 11.5 Å². The summed E-state index contributed by atoms with van der Waals surface area (Å²) in [5.74, 6) is 2.11. The molecule has 0 heterocycles. The van der Waals surface area contributed by atoms with Crippen LogP contribution in [0.2, 0.25) is 0 Å². The van der Waals surface area contributed by atoms with E-state index < -0.39 is 0 Å². The number of rotatable bonds is 8. The van der Waals surface area contributed by atoms with Gasteiger partial charge in [0.25, 0.3) is 0 Å². The molecule has 4 nitrogen and oxygen atoms in total. The van der Waals surface area contributed by atoms with E-state index in [0.29, 0.717) is 12.3 Å². The third kappa shape index (κ3) is 5.49. The van der Waals surface area contributed by atoms with Gasteiger partial charge >= 0.3 is 0 Å². The number of amides is 1. The number of thioether (sulfide) groups is 1. The average molecular weight is 345 g/mol. The highest BCUT2D eigenvalue weighted by Crippen LogP contribution is 2.21. The summed E-state index contributed by atoms with van der Waals surface area (Å²) in [7, 11) is 3.30. The number of hydrogen-bond acceptors (Lipinski definition) is 4. The van der Waals surface area contributed by atoms with Crippen molar-refractivity contribution in [1.29, 1.82) is 0 Å². The van der Waals surface area contributed by atoms with Gasteiger partial charge in [0.1, 0.15) is 11.5 Å². The first kappa shape index (κ1) is 18.2. The molecule has 5 heteroatoms. The SMILES string of the molecule is COc1ccc(SCC(=O)NCCc2cc(C)ccc2OC)cc1. The zero-order chi connectivity index (χ0) is 17.4. The minimum absolute atomic E-state index is 0.0300. The Balaban J connectivity index is 1.76. The molecule has 24 heavy (non-hydrogen) atoms. The summed E-state index contributed by atoms with van der Waals surface area (Å²) in [6, 6.07) is 13.8. The third-order valence-electron chi connectivity index (χ3n) is 3.58. The number of benzene rings is 2. The molecule has 2 rings (SSSR count). The zero-order valence-electron chi connectivity index (χ0n) is 14.3. The number of carbonyl (C=O) groups excluding carboxylic acids is 1. The molecule has 0 bridgehead atoms. The van der Waals surface area contributed by atoms with Crippen LogP contribution < -0.4 is 14.8 Å². The minimum atomic E-state index is 0.0300. The van der Waals surface area contributed by atoms with Crippen molar-refractivity contribution in [1.82, 2.24) is 5.32 Å². The second kappa shape index (κ2) is 9.23. The topological polar surface area (TPSA) is 47.6 Å². The van der Waals surface area contributed by atoms with Crippen molar-refractivity contribution in [2.45, 2.75) is 18.2 Å². The molecular weight excluding hydrogens is 322 g/mol. The van der Waals surface area contributed by atoms with Crippen LogP contribution >= 0.6 is 11.8 Å². The number of nitrogens with one attached hydrogen (secondary N) is 1. The van der Waals surface area contributed by atoms with E-state index in [4.69, 9.17) is 9.47 Å². The molecule has 0 atom stereocenters. The number of carbonyl (C=O) groups is 1. The van der Waals surface area contributed by atoms with Crippen LogP contribution in [0.25, 0.3) is 0 Å². The van der Waals surface area contributed by atoms with Crippen molar-refractivity contribution in [2.24, 2.45) is 0 Å². The Hall–Kier alpha value is -2.14. The van der Waals surface area contributed by atoms with Gasteiger partial charge in [-0.3, -0.25) is 4.79 Å². The van der Waals surface area contributed by atoms with E-state index in [0.717, 1.165) is 28.4 Å². The Morgan fingerprint density at radius 2 is 1.83 bits per heavy atom. The standard InChI is InChI=1S/C19H23NO3S/c1-14-4-9-18(23-3)15(12-14)10-11-20-19(21)13-24-17-7-5-16(22-2)6-8-17/h4-9,12H,10-11,13H2,1-3H3,(H,20,21). The first-order chi connectivity index (χ1) is 11.6. The zero-order valence-corrected chi connectivity index (χ0v) is 15.1. The molecule has 1 N–H and O–H groups in total. The van der Waals surface area contributed by atoms with E-state index in [1.54, 1.807) is 14.2 Å². The summed E-state index contributed by atoms with van der Waals surface area (Å²) in [6.45, 7) is 2.65. The predicted molar refractivity (Wildman–Crippen MR) is 98.2 cm³/mol. The van der Waals surface area contributed by atoms with Crippen LogP contribution in [0.3, 0.4) is 0 Å². The highest BCUT2D eigenvalue weighted by molar-refractivity contribution is 8.00. The fraction of sp³-hybridized carbons (Fsp3) is 0.316. The van der Waals surface area contributed by atoms with Crippen LogP contribution in [0, 0.1) is 6.92 Å². The highest BCUT2D eigenvalue weighted by Gasteiger charge is 2.06. The van der Waals surface area contributed by atoms with Gasteiger partial charge in [-0.25, -0.2) is 0 Å². The van der Waals surface area contributed by atoms with E-state index in [1.165, 1.54) is 17.3 Å². The van der Waals surface area contributed by atoms with Gasteiger partial charge in [-0.05, 0) is 49.2 Å². The number of ether oxygens (including phenoxy) is 2. The third-order valence-corrected chi connectivity index (χ3v) is 4.59. The Morgan fingerprint density at radius 1 is 1.08 bits per heavy atom. The molecule has 0 radical (unpaired) electrons. The molecule has 1 amide bonds. The highest BCUT2D eigenvalue weighted by atomic mass is 32.2. The maximum atomic E-state index is 12.0. The van der Waals surface area contributed by atoms with Gasteiger partial charge in [0.15, 0.2) is 0 Å². The van der Waals surface area contributed by atoms with Crippen molar-refractivity contribution >= 4 is 17.7 Å². The smallest absolute Gasteiger partial charge is 0.230 e. The largest absolute Gasteiger partial charge is 0.497 e. The quantitative estimate of drug-likeness (QED) is 0.744. The fourth-order valence-corrected chi connectivity index (χ4v) is 3.04. The molecule has 0 aromatic heterocycles.